The average molecular weight is 1300 g/mol. The molecule has 34 heteroatoms. The van der Waals surface area contributed by atoms with Gasteiger partial charge in [0.1, 0.15) is 60.9 Å². The van der Waals surface area contributed by atoms with Crippen LogP contribution in [0.1, 0.15) is 93.1 Å². The first-order chi connectivity index (χ1) is 43.4. The van der Waals surface area contributed by atoms with Gasteiger partial charge in [-0.1, -0.05) is 98.6 Å². The van der Waals surface area contributed by atoms with E-state index in [-0.39, 0.29) is 44.2 Å². The highest BCUT2D eigenvalue weighted by Crippen LogP contribution is 2.22. The van der Waals surface area contributed by atoms with Crippen molar-refractivity contribution in [3.63, 3.8) is 0 Å². The highest BCUT2D eigenvalue weighted by Gasteiger charge is 2.41. The summed E-state index contributed by atoms with van der Waals surface area (Å²) in [5.41, 5.74) is 6.00. The second kappa shape index (κ2) is 40.8. The van der Waals surface area contributed by atoms with E-state index in [1.54, 1.807) is 85.7 Å². The number of carboxylic acids is 1. The van der Waals surface area contributed by atoms with Gasteiger partial charge in [0.15, 0.2) is 0 Å². The number of aliphatic carboxylic acids is 1. The van der Waals surface area contributed by atoms with Gasteiger partial charge in [-0.2, -0.15) is 0 Å². The van der Waals surface area contributed by atoms with Crippen molar-refractivity contribution < 1.29 is 92.3 Å². The van der Waals surface area contributed by atoms with Crippen molar-refractivity contribution in [2.75, 3.05) is 65.6 Å². The number of aliphatic hydroxyl groups excluding tert-OH is 3. The summed E-state index contributed by atoms with van der Waals surface area (Å²) >= 11 is 0. The second-order valence-corrected chi connectivity index (χ2v) is 22.8. The standard InChI is InChI=1S/C58H93N15O19/c1-9-32(7)48(56(90)68-38(28-75)53(87)63-24-44(80)65-35(19-30(3)4)50(84)64-26-46(82)83)71-45(81)25-62-51(85)36(20-34-15-12-11-13-16-34)66-43(79)23-60-42(78)22-61-52(86)37(27-74)67-54(88)39(29-76)69-57(91)49(33(8)10-2)72-55(89)40-17-14-18-73(40)58(92)47(31(5)6)70-41(77)21-59/h11-13,15-16,30-33,35-40,47-49,74-76H,9-10,14,17-29,59H2,1-8H3,(H,60,78)(H,61,86)(H,62,85)(H,63,87)(H,64,84)(H,65,80)(H,66,79)(H,67,88)(H,68,90)(H,69,91)(H,70,77)(H,71,81)(H,72,89)(H,82,83)/t32-,33-,35-,36-,37-,38-,39-,40-,47-,48-,49-/m0/s1. The maximum atomic E-state index is 13.7. The van der Waals surface area contributed by atoms with Gasteiger partial charge in [0.05, 0.1) is 52.5 Å². The lowest BCUT2D eigenvalue weighted by atomic mass is 9.97. The highest BCUT2D eigenvalue weighted by molar-refractivity contribution is 5.99. The van der Waals surface area contributed by atoms with Crippen molar-refractivity contribution in [3.8, 4) is 0 Å². The first-order valence-electron chi connectivity index (χ1n) is 30.3. The van der Waals surface area contributed by atoms with E-state index in [1.165, 1.54) is 4.90 Å². The SMILES string of the molecule is CC[C@H](C)[C@H](NC(=O)CNC(=O)[C@H](Cc1ccccc1)NC(=O)CNC(=O)CNC(=O)[C@H](CO)NC(=O)[C@H](CO)NC(=O)[C@@H](NC(=O)[C@@H]1CCCN1C(=O)[C@@H](NC(=O)CN)C(C)C)[C@@H](C)CC)C(=O)N[C@@H](CO)C(=O)NCC(=O)N[C@@H](CC(C)C)C(=O)NCC(=O)O. The normalized spacial score (nSPS) is 15.9. The molecule has 1 aliphatic rings. The van der Waals surface area contributed by atoms with Crippen LogP contribution in [-0.2, 0) is 78.3 Å². The van der Waals surface area contributed by atoms with E-state index in [0.717, 1.165) is 0 Å². The first kappa shape index (κ1) is 79.2. The van der Waals surface area contributed by atoms with Gasteiger partial charge in [0.25, 0.3) is 0 Å². The quantitative estimate of drug-likeness (QED) is 0.0290. The van der Waals surface area contributed by atoms with E-state index < -0.39 is 207 Å². The summed E-state index contributed by atoms with van der Waals surface area (Å²) in [6.45, 7) is 6.73. The van der Waals surface area contributed by atoms with Gasteiger partial charge in [0, 0.05) is 13.0 Å². The number of hydrogen-bond acceptors (Lipinski definition) is 19. The molecule has 92 heavy (non-hydrogen) atoms. The molecule has 0 radical (unpaired) electrons. The smallest absolute Gasteiger partial charge is 0.322 e. The van der Waals surface area contributed by atoms with Crippen molar-refractivity contribution in [1.82, 2.24) is 74.0 Å². The molecule has 1 aliphatic heterocycles. The summed E-state index contributed by atoms with van der Waals surface area (Å²) in [4.78, 5) is 197. The van der Waals surface area contributed by atoms with Crippen LogP contribution in [0.25, 0.3) is 0 Å². The van der Waals surface area contributed by atoms with Crippen molar-refractivity contribution in [3.05, 3.63) is 35.9 Å². The van der Waals surface area contributed by atoms with Crippen molar-refractivity contribution in [2.24, 2.45) is 29.4 Å². The van der Waals surface area contributed by atoms with Crippen LogP contribution in [0.5, 0.6) is 0 Å². The molecule has 1 fully saturated rings. The van der Waals surface area contributed by atoms with Gasteiger partial charge in [0.2, 0.25) is 82.7 Å². The topological polar surface area (TPSA) is 523 Å². The Labute approximate surface area is 532 Å². The number of amides is 14. The second-order valence-electron chi connectivity index (χ2n) is 22.8. The molecule has 0 bridgehead atoms. The van der Waals surface area contributed by atoms with Crippen LogP contribution in [0, 0.1) is 23.7 Å². The van der Waals surface area contributed by atoms with Crippen LogP contribution >= 0.6 is 0 Å². The fourth-order valence-corrected chi connectivity index (χ4v) is 9.13. The summed E-state index contributed by atoms with van der Waals surface area (Å²) in [5.74, 6) is -15.0. The van der Waals surface area contributed by atoms with Crippen LogP contribution in [0.2, 0.25) is 0 Å². The number of carbonyl (C=O) groups is 15. The first-order valence-corrected chi connectivity index (χ1v) is 30.3. The van der Waals surface area contributed by atoms with Crippen molar-refractivity contribution >= 4 is 88.7 Å². The summed E-state index contributed by atoms with van der Waals surface area (Å²) in [7, 11) is 0. The minimum atomic E-state index is -1.75. The summed E-state index contributed by atoms with van der Waals surface area (Å²) in [6.07, 6.45) is 1.35. The maximum absolute atomic E-state index is 13.7. The molecule has 14 amide bonds. The van der Waals surface area contributed by atoms with Crippen LogP contribution in [0.3, 0.4) is 0 Å². The lowest BCUT2D eigenvalue weighted by Gasteiger charge is -2.32. The number of nitrogens with one attached hydrogen (secondary N) is 13. The molecule has 0 spiro atoms. The largest absolute Gasteiger partial charge is 0.480 e. The number of aliphatic hydroxyl groups is 3. The number of hydrogen-bond donors (Lipinski definition) is 18. The molecular weight excluding hydrogens is 1210 g/mol. The lowest BCUT2D eigenvalue weighted by molar-refractivity contribution is -0.143. The van der Waals surface area contributed by atoms with E-state index in [9.17, 15) is 87.2 Å². The molecule has 2 rings (SSSR count). The highest BCUT2D eigenvalue weighted by atomic mass is 16.4. The molecule has 0 saturated carbocycles. The maximum Gasteiger partial charge on any atom is 0.322 e. The third-order valence-corrected chi connectivity index (χ3v) is 14.7. The lowest BCUT2D eigenvalue weighted by Crippen LogP contribution is -2.61. The van der Waals surface area contributed by atoms with Gasteiger partial charge >= 0.3 is 5.97 Å². The van der Waals surface area contributed by atoms with Crippen LogP contribution < -0.4 is 74.9 Å². The third kappa shape index (κ3) is 27.3. The molecule has 34 nitrogen and oxygen atoms in total. The van der Waals surface area contributed by atoms with Gasteiger partial charge in [-0.15, -0.1) is 0 Å². The monoisotopic (exact) mass is 1300 g/mol. The summed E-state index contributed by atoms with van der Waals surface area (Å²) in [5, 5.41) is 69.8. The van der Waals surface area contributed by atoms with Gasteiger partial charge in [-0.25, -0.2) is 0 Å². The number of nitrogens with zero attached hydrogens (tertiary/aromatic N) is 1. The number of carbonyl (C=O) groups excluding carboxylic acids is 14. The van der Waals surface area contributed by atoms with E-state index >= 15 is 0 Å². The van der Waals surface area contributed by atoms with Crippen LogP contribution in [0.4, 0.5) is 0 Å². The Morgan fingerprint density at radius 1 is 0.489 bits per heavy atom. The summed E-state index contributed by atoms with van der Waals surface area (Å²) < 4.78 is 0. The third-order valence-electron chi connectivity index (χ3n) is 14.7. The number of carboxylic acid groups (broad SMARTS) is 1. The zero-order chi connectivity index (χ0) is 69.4. The molecule has 1 aromatic carbocycles. The van der Waals surface area contributed by atoms with E-state index in [2.05, 4.69) is 69.1 Å². The molecule has 1 saturated heterocycles. The van der Waals surface area contributed by atoms with E-state index in [1.807, 2.05) is 0 Å². The molecule has 1 aromatic rings. The zero-order valence-corrected chi connectivity index (χ0v) is 53.1. The molecule has 1 heterocycles. The minimum absolute atomic E-state index is 0.107. The van der Waals surface area contributed by atoms with Crippen molar-refractivity contribution in [2.45, 2.75) is 148 Å². The number of benzene rings is 1. The van der Waals surface area contributed by atoms with Crippen LogP contribution in [0.15, 0.2) is 30.3 Å². The fraction of sp³-hybridized carbons (Fsp3) is 0.638. The fourth-order valence-electron chi connectivity index (χ4n) is 9.13. The molecule has 0 aliphatic carbocycles. The minimum Gasteiger partial charge on any atom is -0.480 e. The Kier molecular flexibility index (Phi) is 35.1. The molecule has 0 unspecified atom stereocenters. The Morgan fingerprint density at radius 3 is 1.39 bits per heavy atom. The number of likely N-dealkylation sites (tertiary alicyclic amines) is 1. The Bertz CT molecular complexity index is 2720. The van der Waals surface area contributed by atoms with Gasteiger partial charge in [-0.05, 0) is 48.5 Å². The van der Waals surface area contributed by atoms with Crippen molar-refractivity contribution in [1.29, 1.82) is 0 Å². The average Bonchev–Trinajstić information content (AvgIpc) is 1.62. The molecule has 0 aromatic heterocycles. The predicted octanol–water partition coefficient (Wildman–Crippen LogP) is -7.51. The van der Waals surface area contributed by atoms with E-state index in [0.29, 0.717) is 24.8 Å². The summed E-state index contributed by atoms with van der Waals surface area (Å²) in [6, 6.07) is -3.93. The zero-order valence-electron chi connectivity index (χ0n) is 53.1. The van der Waals surface area contributed by atoms with Gasteiger partial charge < -0.3 is 100 Å². The Morgan fingerprint density at radius 2 is 0.913 bits per heavy atom. The molecular formula is C58H93N15O19. The van der Waals surface area contributed by atoms with E-state index in [4.69, 9.17) is 10.8 Å². The number of rotatable bonds is 40. The van der Waals surface area contributed by atoms with Crippen LogP contribution in [-0.4, -0.2) is 234 Å². The Balaban J connectivity index is 2.03. The molecule has 19 N–H and O–H groups in total. The van der Waals surface area contributed by atoms with Gasteiger partial charge in [-0.3, -0.25) is 71.9 Å². The molecule has 514 valence electrons. The number of nitrogens with two attached hydrogens (primary N) is 1. The Hall–Kier alpha value is -8.89. The predicted molar refractivity (Wildman–Crippen MR) is 327 cm³/mol. The molecule has 11 atom stereocenters.